The van der Waals surface area contributed by atoms with Crippen molar-refractivity contribution in [3.05, 3.63) is 34.9 Å². The van der Waals surface area contributed by atoms with Crippen LogP contribution in [0.25, 0.3) is 0 Å². The van der Waals surface area contributed by atoms with Crippen LogP contribution in [0.4, 0.5) is 0 Å². The second-order valence-electron chi connectivity index (χ2n) is 5.05. The number of nitrogens with one attached hydrogen (secondary N) is 1. The highest BCUT2D eigenvalue weighted by Crippen LogP contribution is 2.21. The lowest BCUT2D eigenvalue weighted by atomic mass is 9.97. The van der Waals surface area contributed by atoms with Crippen molar-refractivity contribution in [1.29, 1.82) is 0 Å². The van der Waals surface area contributed by atoms with Gasteiger partial charge in [-0.1, -0.05) is 12.1 Å². The van der Waals surface area contributed by atoms with Crippen LogP contribution < -0.4 is 5.48 Å². The van der Waals surface area contributed by atoms with E-state index in [1.54, 1.807) is 7.05 Å². The molecule has 0 aromatic heterocycles. The van der Waals surface area contributed by atoms with Crippen LogP contribution in [0.2, 0.25) is 0 Å². The van der Waals surface area contributed by atoms with Gasteiger partial charge in [0, 0.05) is 32.2 Å². The minimum Gasteiger partial charge on any atom is -0.481 e. The van der Waals surface area contributed by atoms with Crippen molar-refractivity contribution in [3.63, 3.8) is 0 Å². The molecular weight excluding hydrogens is 258 g/mol. The molecular formula is C14H19N3O3. The summed E-state index contributed by atoms with van der Waals surface area (Å²) in [6.07, 6.45) is 0. The second kappa shape index (κ2) is 6.02. The number of hydroxylamine groups is 1. The van der Waals surface area contributed by atoms with Gasteiger partial charge in [-0.25, -0.2) is 0 Å². The Morgan fingerprint density at radius 1 is 1.50 bits per heavy atom. The van der Waals surface area contributed by atoms with Crippen molar-refractivity contribution in [2.75, 3.05) is 20.1 Å². The van der Waals surface area contributed by atoms with Gasteiger partial charge >= 0.3 is 5.97 Å². The molecule has 0 aliphatic carbocycles. The van der Waals surface area contributed by atoms with E-state index < -0.39 is 5.97 Å². The number of carbonyl (C=O) groups is 1. The van der Waals surface area contributed by atoms with Crippen LogP contribution in [0.5, 0.6) is 0 Å². The number of amidine groups is 1. The fourth-order valence-electron chi connectivity index (χ4n) is 2.36. The predicted octanol–water partition coefficient (Wildman–Crippen LogP) is 0.867. The first kappa shape index (κ1) is 14.5. The average Bonchev–Trinajstić information content (AvgIpc) is 2.36. The largest absolute Gasteiger partial charge is 0.481 e. The minimum atomic E-state index is -0.717. The Labute approximate surface area is 117 Å². The molecule has 0 spiro atoms. The lowest BCUT2D eigenvalue weighted by Gasteiger charge is -2.36. The number of aryl methyl sites for hydroxylation is 1. The lowest BCUT2D eigenvalue weighted by molar-refractivity contribution is -0.147. The Morgan fingerprint density at radius 3 is 2.70 bits per heavy atom. The molecule has 1 fully saturated rings. The maximum absolute atomic E-state index is 10.8. The molecule has 1 saturated heterocycles. The summed E-state index contributed by atoms with van der Waals surface area (Å²) in [6, 6.07) is 5.83. The summed E-state index contributed by atoms with van der Waals surface area (Å²) in [4.78, 5) is 16.8. The Bertz CT molecular complexity index is 536. The van der Waals surface area contributed by atoms with Crippen molar-refractivity contribution in [3.8, 4) is 0 Å². The Morgan fingerprint density at radius 2 is 2.20 bits per heavy atom. The first-order valence-corrected chi connectivity index (χ1v) is 6.47. The molecule has 1 aliphatic rings. The smallest absolute Gasteiger partial charge is 0.309 e. The summed E-state index contributed by atoms with van der Waals surface area (Å²) in [5.41, 5.74) is 5.15. The molecule has 2 rings (SSSR count). The SMILES string of the molecule is CN=C(NO)c1ccc(CN2CC(C(=O)O)C2)c(C)c1. The molecule has 1 aromatic rings. The highest BCUT2D eigenvalue weighted by molar-refractivity contribution is 5.98. The van der Waals surface area contributed by atoms with E-state index in [-0.39, 0.29) is 5.92 Å². The van der Waals surface area contributed by atoms with Crippen molar-refractivity contribution >= 4 is 11.8 Å². The lowest BCUT2D eigenvalue weighted by Crippen LogP contribution is -2.49. The summed E-state index contributed by atoms with van der Waals surface area (Å²) in [5.74, 6) is -0.521. The normalized spacial score (nSPS) is 16.9. The highest BCUT2D eigenvalue weighted by Gasteiger charge is 2.32. The van der Waals surface area contributed by atoms with Gasteiger partial charge < -0.3 is 5.11 Å². The molecule has 0 unspecified atom stereocenters. The molecule has 6 nitrogen and oxygen atoms in total. The van der Waals surface area contributed by atoms with E-state index in [0.717, 1.165) is 23.2 Å². The van der Waals surface area contributed by atoms with E-state index in [1.165, 1.54) is 0 Å². The monoisotopic (exact) mass is 277 g/mol. The number of carboxylic acids is 1. The van der Waals surface area contributed by atoms with Gasteiger partial charge in [0.2, 0.25) is 0 Å². The molecule has 20 heavy (non-hydrogen) atoms. The molecule has 0 saturated carbocycles. The van der Waals surface area contributed by atoms with E-state index in [9.17, 15) is 4.79 Å². The number of benzene rings is 1. The summed E-state index contributed by atoms with van der Waals surface area (Å²) < 4.78 is 0. The van der Waals surface area contributed by atoms with Crippen LogP contribution in [-0.2, 0) is 11.3 Å². The quantitative estimate of drug-likeness (QED) is 0.432. The van der Waals surface area contributed by atoms with Crippen molar-refractivity contribution in [2.45, 2.75) is 13.5 Å². The van der Waals surface area contributed by atoms with Gasteiger partial charge in [-0.2, -0.15) is 0 Å². The number of aliphatic carboxylic acids is 1. The molecule has 108 valence electrons. The Balaban J connectivity index is 2.02. The van der Waals surface area contributed by atoms with E-state index in [2.05, 4.69) is 15.4 Å². The first-order chi connectivity index (χ1) is 9.55. The van der Waals surface area contributed by atoms with E-state index in [1.807, 2.05) is 25.1 Å². The van der Waals surface area contributed by atoms with E-state index >= 15 is 0 Å². The Hall–Kier alpha value is -1.92. The van der Waals surface area contributed by atoms with Crippen LogP contribution in [-0.4, -0.2) is 47.2 Å². The van der Waals surface area contributed by atoms with E-state index in [0.29, 0.717) is 18.9 Å². The maximum atomic E-state index is 10.8. The van der Waals surface area contributed by atoms with Crippen molar-refractivity contribution < 1.29 is 15.1 Å². The van der Waals surface area contributed by atoms with Crippen molar-refractivity contribution in [2.24, 2.45) is 10.9 Å². The number of hydrogen-bond acceptors (Lipinski definition) is 4. The standard InChI is InChI=1S/C14H19N3O3/c1-9-5-10(13(15-2)16-20)3-4-11(9)6-17-7-12(8-17)14(18)19/h3-5,12,20H,6-8H2,1-2H3,(H,15,16)(H,18,19). The van der Waals surface area contributed by atoms with E-state index in [4.69, 9.17) is 10.3 Å². The molecule has 6 heteroatoms. The zero-order chi connectivity index (χ0) is 14.7. The third kappa shape index (κ3) is 2.97. The summed E-state index contributed by atoms with van der Waals surface area (Å²) in [7, 11) is 1.61. The third-order valence-corrected chi connectivity index (χ3v) is 3.65. The van der Waals surface area contributed by atoms with Crippen LogP contribution >= 0.6 is 0 Å². The fourth-order valence-corrected chi connectivity index (χ4v) is 2.36. The highest BCUT2D eigenvalue weighted by atomic mass is 16.5. The Kier molecular flexibility index (Phi) is 4.36. The van der Waals surface area contributed by atoms with Crippen LogP contribution in [0.3, 0.4) is 0 Å². The zero-order valence-corrected chi connectivity index (χ0v) is 11.6. The first-order valence-electron chi connectivity index (χ1n) is 6.47. The molecule has 0 bridgehead atoms. The number of aliphatic imine (C=N–C) groups is 1. The van der Waals surface area contributed by atoms with Gasteiger partial charge in [-0.3, -0.25) is 25.4 Å². The maximum Gasteiger partial charge on any atom is 0.309 e. The number of hydrogen-bond donors (Lipinski definition) is 3. The van der Waals surface area contributed by atoms with Crippen molar-refractivity contribution in [1.82, 2.24) is 10.4 Å². The summed E-state index contributed by atoms with van der Waals surface area (Å²) in [6.45, 7) is 3.96. The van der Waals surface area contributed by atoms with Gasteiger partial charge in [0.05, 0.1) is 5.92 Å². The molecule has 0 atom stereocenters. The number of nitrogens with zero attached hydrogens (tertiary/aromatic N) is 2. The van der Waals surface area contributed by atoms with Gasteiger partial charge in [-0.05, 0) is 24.1 Å². The number of likely N-dealkylation sites (tertiary alicyclic amines) is 1. The molecule has 3 N–H and O–H groups in total. The third-order valence-electron chi connectivity index (χ3n) is 3.65. The number of carboxylic acid groups (broad SMARTS) is 1. The van der Waals surface area contributed by atoms with Gasteiger partial charge in [0.1, 0.15) is 0 Å². The topological polar surface area (TPSA) is 85.2 Å². The van der Waals surface area contributed by atoms with Gasteiger partial charge in [0.15, 0.2) is 5.84 Å². The molecule has 1 heterocycles. The summed E-state index contributed by atoms with van der Waals surface area (Å²) >= 11 is 0. The minimum absolute atomic E-state index is 0.230. The number of rotatable bonds is 4. The summed E-state index contributed by atoms with van der Waals surface area (Å²) in [5, 5.41) is 17.8. The molecule has 1 aliphatic heterocycles. The zero-order valence-electron chi connectivity index (χ0n) is 11.6. The fraction of sp³-hybridized carbons (Fsp3) is 0.429. The molecule has 0 amide bonds. The van der Waals surface area contributed by atoms with Crippen LogP contribution in [0.1, 0.15) is 16.7 Å². The predicted molar refractivity (Wildman–Crippen MR) is 75.0 cm³/mol. The van der Waals surface area contributed by atoms with Gasteiger partial charge in [0.25, 0.3) is 0 Å². The van der Waals surface area contributed by atoms with Crippen LogP contribution in [0, 0.1) is 12.8 Å². The average molecular weight is 277 g/mol. The molecule has 1 aromatic carbocycles. The molecule has 0 radical (unpaired) electrons. The second-order valence-corrected chi connectivity index (χ2v) is 5.05. The van der Waals surface area contributed by atoms with Gasteiger partial charge in [-0.15, -0.1) is 0 Å². The van der Waals surface area contributed by atoms with Crippen LogP contribution in [0.15, 0.2) is 23.2 Å².